The van der Waals surface area contributed by atoms with E-state index in [1.54, 1.807) is 13.0 Å². The summed E-state index contributed by atoms with van der Waals surface area (Å²) in [5, 5.41) is 0. The van der Waals surface area contributed by atoms with Crippen LogP contribution < -0.4 is 4.72 Å². The first kappa shape index (κ1) is 15.2. The number of benzene rings is 2. The van der Waals surface area contributed by atoms with E-state index in [-0.39, 0.29) is 5.97 Å². The van der Waals surface area contributed by atoms with Crippen LogP contribution in [0.5, 0.6) is 0 Å². The molecule has 0 atom stereocenters. The van der Waals surface area contributed by atoms with Gasteiger partial charge in [-0.1, -0.05) is 30.3 Å². The molecule has 0 amide bonds. The Morgan fingerprint density at radius 2 is 2.00 bits per heavy atom. The molecule has 0 unspecified atom stereocenters. The summed E-state index contributed by atoms with van der Waals surface area (Å²) in [5.41, 5.74) is 2.01. The number of hydrogen-bond donors (Lipinski definition) is 1. The Kier molecular flexibility index (Phi) is 5.91. The first-order chi connectivity index (χ1) is 10.3. The molecule has 1 N–H and O–H groups in total. The summed E-state index contributed by atoms with van der Waals surface area (Å²) in [6.45, 7) is 2.18. The number of rotatable bonds is 6. The van der Waals surface area contributed by atoms with Crippen LogP contribution in [0.25, 0.3) is 6.08 Å². The molecule has 4 heteroatoms. The molecule has 0 spiro atoms. The van der Waals surface area contributed by atoms with Crippen molar-refractivity contribution < 1.29 is 9.53 Å². The minimum Gasteiger partial charge on any atom is -0.463 e. The van der Waals surface area contributed by atoms with Crippen LogP contribution in [0.1, 0.15) is 12.5 Å². The summed E-state index contributed by atoms with van der Waals surface area (Å²) in [6, 6.07) is 17.9. The van der Waals surface area contributed by atoms with E-state index in [9.17, 15) is 4.79 Å². The molecule has 0 aliphatic heterocycles. The largest absolute Gasteiger partial charge is 0.463 e. The quantitative estimate of drug-likeness (QED) is 0.488. The van der Waals surface area contributed by atoms with Crippen LogP contribution in [0.3, 0.4) is 0 Å². The fourth-order valence-corrected chi connectivity index (χ4v) is 2.37. The van der Waals surface area contributed by atoms with E-state index >= 15 is 0 Å². The summed E-state index contributed by atoms with van der Waals surface area (Å²) in [4.78, 5) is 12.4. The van der Waals surface area contributed by atoms with Gasteiger partial charge in [0.15, 0.2) is 0 Å². The predicted octanol–water partition coefficient (Wildman–Crippen LogP) is 4.38. The molecule has 2 rings (SSSR count). The highest BCUT2D eigenvalue weighted by atomic mass is 32.2. The van der Waals surface area contributed by atoms with Crippen molar-refractivity contribution in [2.75, 3.05) is 11.3 Å². The van der Waals surface area contributed by atoms with Gasteiger partial charge in [0.2, 0.25) is 0 Å². The second-order valence-corrected chi connectivity index (χ2v) is 5.11. The van der Waals surface area contributed by atoms with Gasteiger partial charge < -0.3 is 9.46 Å². The molecule has 0 bridgehead atoms. The normalized spacial score (nSPS) is 10.5. The topological polar surface area (TPSA) is 38.3 Å². The van der Waals surface area contributed by atoms with E-state index in [4.69, 9.17) is 4.74 Å². The molecule has 3 nitrogen and oxygen atoms in total. The van der Waals surface area contributed by atoms with Crippen molar-refractivity contribution >= 4 is 29.7 Å². The number of para-hydroxylation sites is 1. The summed E-state index contributed by atoms with van der Waals surface area (Å²) in [5.74, 6) is -0.321. The Balaban J connectivity index is 1.96. The molecule has 108 valence electrons. The third-order valence-corrected chi connectivity index (χ3v) is 3.44. The SMILES string of the molecule is CCOC(=O)/C=C/c1cccc(SNc2ccccc2)c1. The van der Waals surface area contributed by atoms with Crippen LogP contribution in [-0.2, 0) is 9.53 Å². The van der Waals surface area contributed by atoms with Crippen LogP contribution in [0.15, 0.2) is 65.6 Å². The van der Waals surface area contributed by atoms with Crippen LogP contribution >= 0.6 is 11.9 Å². The Morgan fingerprint density at radius 3 is 2.76 bits per heavy atom. The Bertz CT molecular complexity index is 611. The van der Waals surface area contributed by atoms with Gasteiger partial charge in [-0.2, -0.15) is 0 Å². The van der Waals surface area contributed by atoms with E-state index in [0.29, 0.717) is 6.61 Å². The summed E-state index contributed by atoms with van der Waals surface area (Å²) in [7, 11) is 0. The van der Waals surface area contributed by atoms with E-state index in [1.165, 1.54) is 18.0 Å². The molecule has 21 heavy (non-hydrogen) atoms. The van der Waals surface area contributed by atoms with E-state index in [1.807, 2.05) is 54.6 Å². The fraction of sp³-hybridized carbons (Fsp3) is 0.118. The maximum absolute atomic E-state index is 11.3. The molecular weight excluding hydrogens is 282 g/mol. The molecule has 0 saturated heterocycles. The van der Waals surface area contributed by atoms with Crippen LogP contribution in [0, 0.1) is 0 Å². The lowest BCUT2D eigenvalue weighted by Gasteiger charge is -2.05. The summed E-state index contributed by atoms with van der Waals surface area (Å²) in [6.07, 6.45) is 3.20. The monoisotopic (exact) mass is 299 g/mol. The summed E-state index contributed by atoms with van der Waals surface area (Å²) >= 11 is 1.53. The second kappa shape index (κ2) is 8.17. The molecule has 0 aliphatic rings. The zero-order chi connectivity index (χ0) is 14.9. The zero-order valence-corrected chi connectivity index (χ0v) is 12.6. The van der Waals surface area contributed by atoms with E-state index < -0.39 is 0 Å². The van der Waals surface area contributed by atoms with Gasteiger partial charge in [0.1, 0.15) is 0 Å². The Morgan fingerprint density at radius 1 is 1.19 bits per heavy atom. The fourth-order valence-electron chi connectivity index (χ4n) is 1.66. The van der Waals surface area contributed by atoms with Crippen molar-refractivity contribution in [3.8, 4) is 0 Å². The maximum Gasteiger partial charge on any atom is 0.330 e. The molecule has 0 aliphatic carbocycles. The first-order valence-electron chi connectivity index (χ1n) is 6.71. The minimum atomic E-state index is -0.321. The maximum atomic E-state index is 11.3. The van der Waals surface area contributed by atoms with Gasteiger partial charge in [-0.3, -0.25) is 0 Å². The van der Waals surface area contributed by atoms with Gasteiger partial charge >= 0.3 is 5.97 Å². The van der Waals surface area contributed by atoms with Crippen molar-refractivity contribution in [1.29, 1.82) is 0 Å². The number of hydrogen-bond acceptors (Lipinski definition) is 4. The van der Waals surface area contributed by atoms with Gasteiger partial charge in [0.05, 0.1) is 6.61 Å². The standard InChI is InChI=1S/C17H17NO2S/c1-2-20-17(19)12-11-14-7-6-10-16(13-14)21-18-15-8-4-3-5-9-15/h3-13,18H,2H2,1H3/b12-11+. The highest BCUT2D eigenvalue weighted by Gasteiger charge is 1.97. The van der Waals surface area contributed by atoms with Crippen LogP contribution in [0.4, 0.5) is 5.69 Å². The van der Waals surface area contributed by atoms with Crippen molar-refractivity contribution in [3.05, 3.63) is 66.2 Å². The zero-order valence-electron chi connectivity index (χ0n) is 11.8. The average molecular weight is 299 g/mol. The van der Waals surface area contributed by atoms with Crippen molar-refractivity contribution in [2.24, 2.45) is 0 Å². The lowest BCUT2D eigenvalue weighted by atomic mass is 10.2. The van der Waals surface area contributed by atoms with Gasteiger partial charge in [-0.25, -0.2) is 4.79 Å². The molecule has 0 saturated carbocycles. The molecule has 0 radical (unpaired) electrons. The number of ether oxygens (including phenoxy) is 1. The third-order valence-electron chi connectivity index (χ3n) is 2.62. The first-order valence-corrected chi connectivity index (χ1v) is 7.52. The van der Waals surface area contributed by atoms with Gasteiger partial charge in [0, 0.05) is 16.7 Å². The number of carbonyl (C=O) groups excluding carboxylic acids is 1. The molecule has 2 aromatic rings. The number of esters is 1. The van der Waals surface area contributed by atoms with Crippen molar-refractivity contribution in [1.82, 2.24) is 0 Å². The highest BCUT2D eigenvalue weighted by molar-refractivity contribution is 8.00. The lowest BCUT2D eigenvalue weighted by molar-refractivity contribution is -0.137. The predicted molar refractivity (Wildman–Crippen MR) is 88.0 cm³/mol. The highest BCUT2D eigenvalue weighted by Crippen LogP contribution is 2.22. The van der Waals surface area contributed by atoms with Gasteiger partial charge in [-0.05, 0) is 54.8 Å². The van der Waals surface area contributed by atoms with Gasteiger partial charge in [-0.15, -0.1) is 0 Å². The third kappa shape index (κ3) is 5.36. The van der Waals surface area contributed by atoms with Crippen molar-refractivity contribution in [2.45, 2.75) is 11.8 Å². The summed E-state index contributed by atoms with van der Waals surface area (Å²) < 4.78 is 8.13. The second-order valence-electron chi connectivity index (χ2n) is 4.23. The Hall–Kier alpha value is -2.20. The Labute approximate surface area is 129 Å². The van der Waals surface area contributed by atoms with Crippen LogP contribution in [0.2, 0.25) is 0 Å². The minimum absolute atomic E-state index is 0.321. The molecular formula is C17H17NO2S. The molecule has 0 fully saturated rings. The average Bonchev–Trinajstić information content (AvgIpc) is 2.53. The number of carbonyl (C=O) groups is 1. The van der Waals surface area contributed by atoms with E-state index in [2.05, 4.69) is 4.72 Å². The smallest absolute Gasteiger partial charge is 0.330 e. The molecule has 0 aromatic heterocycles. The van der Waals surface area contributed by atoms with Gasteiger partial charge in [0.25, 0.3) is 0 Å². The number of nitrogens with one attached hydrogen (secondary N) is 1. The molecule has 0 heterocycles. The van der Waals surface area contributed by atoms with Crippen molar-refractivity contribution in [3.63, 3.8) is 0 Å². The van der Waals surface area contributed by atoms with Crippen LogP contribution in [-0.4, -0.2) is 12.6 Å². The molecule has 2 aromatic carbocycles. The lowest BCUT2D eigenvalue weighted by Crippen LogP contribution is -1.98. The number of anilines is 1. The van der Waals surface area contributed by atoms with E-state index in [0.717, 1.165) is 16.1 Å².